The molecule has 0 saturated heterocycles. The third kappa shape index (κ3) is 2.97. The second-order valence-electron chi connectivity index (χ2n) is 4.67. The van der Waals surface area contributed by atoms with Gasteiger partial charge in [-0.3, -0.25) is 0 Å². The molecule has 1 aliphatic rings. The van der Waals surface area contributed by atoms with Crippen molar-refractivity contribution in [2.45, 2.75) is 52.0 Å². The molecule has 1 aromatic rings. The maximum atomic E-state index is 5.77. The highest BCUT2D eigenvalue weighted by Gasteiger charge is 2.15. The van der Waals surface area contributed by atoms with Crippen LogP contribution in [0.2, 0.25) is 0 Å². The van der Waals surface area contributed by atoms with E-state index in [1.807, 2.05) is 0 Å². The van der Waals surface area contributed by atoms with Crippen LogP contribution >= 0.6 is 0 Å². The first-order chi connectivity index (χ1) is 8.35. The number of fused-ring (bicyclic) bond motifs is 1. The lowest BCUT2D eigenvalue weighted by Gasteiger charge is -2.18. The third-order valence-corrected chi connectivity index (χ3v) is 3.30. The molecule has 0 aromatic carbocycles. The zero-order valence-electron chi connectivity index (χ0n) is 10.7. The quantitative estimate of drug-likeness (QED) is 0.797. The van der Waals surface area contributed by atoms with Crippen LogP contribution in [0.4, 0.5) is 0 Å². The lowest BCUT2D eigenvalue weighted by Crippen LogP contribution is -2.12. The van der Waals surface area contributed by atoms with Gasteiger partial charge in [0.2, 0.25) is 5.88 Å². The van der Waals surface area contributed by atoms with Crippen molar-refractivity contribution in [2.75, 3.05) is 6.61 Å². The van der Waals surface area contributed by atoms with E-state index < -0.39 is 0 Å². The van der Waals surface area contributed by atoms with Crippen molar-refractivity contribution in [1.82, 2.24) is 4.98 Å². The summed E-state index contributed by atoms with van der Waals surface area (Å²) in [5, 5.41) is 0. The highest BCUT2D eigenvalue weighted by Crippen LogP contribution is 2.25. The Morgan fingerprint density at radius 1 is 1.35 bits per heavy atom. The Morgan fingerprint density at radius 3 is 2.94 bits per heavy atom. The van der Waals surface area contributed by atoms with Gasteiger partial charge in [-0.15, -0.1) is 0 Å². The highest BCUT2D eigenvalue weighted by atomic mass is 16.5. The van der Waals surface area contributed by atoms with Crippen LogP contribution in [0, 0.1) is 0 Å². The number of unbranched alkanes of at least 4 members (excludes halogenated alkanes) is 1. The van der Waals surface area contributed by atoms with E-state index in [-0.39, 0.29) is 0 Å². The first kappa shape index (κ1) is 12.4. The van der Waals surface area contributed by atoms with Gasteiger partial charge in [0, 0.05) is 17.8 Å². The third-order valence-electron chi connectivity index (χ3n) is 3.30. The first-order valence-corrected chi connectivity index (χ1v) is 6.69. The van der Waals surface area contributed by atoms with Crippen LogP contribution in [0.3, 0.4) is 0 Å². The Morgan fingerprint density at radius 2 is 2.18 bits per heavy atom. The molecule has 3 heteroatoms. The molecule has 0 radical (unpaired) electrons. The van der Waals surface area contributed by atoms with Gasteiger partial charge in [-0.25, -0.2) is 4.98 Å². The molecule has 0 spiro atoms. The fourth-order valence-electron chi connectivity index (χ4n) is 2.25. The Balaban J connectivity index is 2.17. The van der Waals surface area contributed by atoms with Crippen LogP contribution in [0.25, 0.3) is 0 Å². The summed E-state index contributed by atoms with van der Waals surface area (Å²) in [4.78, 5) is 4.65. The van der Waals surface area contributed by atoms with E-state index in [4.69, 9.17) is 10.5 Å². The summed E-state index contributed by atoms with van der Waals surface area (Å²) in [5.74, 6) is 0.765. The molecule has 0 saturated carbocycles. The second kappa shape index (κ2) is 6.01. The minimum Gasteiger partial charge on any atom is -0.477 e. The zero-order valence-corrected chi connectivity index (χ0v) is 10.7. The minimum atomic E-state index is 0.516. The molecule has 3 nitrogen and oxygen atoms in total. The number of hydrogen-bond acceptors (Lipinski definition) is 3. The molecule has 0 aliphatic heterocycles. The molecule has 0 fully saturated rings. The Kier molecular flexibility index (Phi) is 4.37. The molecular weight excluding hydrogens is 212 g/mol. The first-order valence-electron chi connectivity index (χ1n) is 6.69. The highest BCUT2D eigenvalue weighted by molar-refractivity contribution is 5.35. The summed E-state index contributed by atoms with van der Waals surface area (Å²) >= 11 is 0. The number of pyridine rings is 1. The van der Waals surface area contributed by atoms with Gasteiger partial charge in [0.15, 0.2) is 0 Å². The molecule has 94 valence electrons. The van der Waals surface area contributed by atoms with E-state index in [9.17, 15) is 0 Å². The van der Waals surface area contributed by atoms with Crippen LogP contribution in [0.15, 0.2) is 6.07 Å². The molecule has 2 rings (SSSR count). The molecular formula is C14H22N2O. The molecule has 1 heterocycles. The molecule has 0 bridgehead atoms. The SMILES string of the molecule is CCCCOc1nc2c(cc1CN)CCCC2. The van der Waals surface area contributed by atoms with Crippen LogP contribution in [0.5, 0.6) is 5.88 Å². The number of hydrogen-bond donors (Lipinski definition) is 1. The van der Waals surface area contributed by atoms with Crippen molar-refractivity contribution in [2.24, 2.45) is 5.73 Å². The van der Waals surface area contributed by atoms with Crippen LogP contribution in [-0.4, -0.2) is 11.6 Å². The van der Waals surface area contributed by atoms with Crippen LogP contribution < -0.4 is 10.5 Å². The van der Waals surface area contributed by atoms with Gasteiger partial charge in [-0.05, 0) is 43.7 Å². The average molecular weight is 234 g/mol. The molecule has 2 N–H and O–H groups in total. The summed E-state index contributed by atoms with van der Waals surface area (Å²) in [6.07, 6.45) is 6.96. The molecule has 0 unspecified atom stereocenters. The van der Waals surface area contributed by atoms with E-state index in [0.717, 1.165) is 43.7 Å². The van der Waals surface area contributed by atoms with Crippen molar-refractivity contribution in [3.8, 4) is 5.88 Å². The number of nitrogens with two attached hydrogens (primary N) is 1. The predicted molar refractivity (Wildman–Crippen MR) is 69.2 cm³/mol. The smallest absolute Gasteiger partial charge is 0.218 e. The molecule has 1 aliphatic carbocycles. The van der Waals surface area contributed by atoms with Gasteiger partial charge in [0.1, 0.15) is 0 Å². The Labute approximate surface area is 103 Å². The van der Waals surface area contributed by atoms with Crippen molar-refractivity contribution in [3.63, 3.8) is 0 Å². The molecule has 17 heavy (non-hydrogen) atoms. The van der Waals surface area contributed by atoms with E-state index in [2.05, 4.69) is 18.0 Å². The van der Waals surface area contributed by atoms with E-state index in [1.165, 1.54) is 24.1 Å². The zero-order chi connectivity index (χ0) is 12.1. The maximum absolute atomic E-state index is 5.77. The topological polar surface area (TPSA) is 48.1 Å². The largest absolute Gasteiger partial charge is 0.477 e. The lowest BCUT2D eigenvalue weighted by atomic mass is 9.95. The Hall–Kier alpha value is -1.09. The van der Waals surface area contributed by atoms with E-state index >= 15 is 0 Å². The van der Waals surface area contributed by atoms with Gasteiger partial charge >= 0.3 is 0 Å². The van der Waals surface area contributed by atoms with E-state index in [0.29, 0.717) is 6.54 Å². The second-order valence-corrected chi connectivity index (χ2v) is 4.67. The molecule has 0 atom stereocenters. The maximum Gasteiger partial charge on any atom is 0.218 e. The number of rotatable bonds is 5. The minimum absolute atomic E-state index is 0.516. The van der Waals surface area contributed by atoms with Gasteiger partial charge < -0.3 is 10.5 Å². The number of ether oxygens (including phenoxy) is 1. The van der Waals surface area contributed by atoms with Gasteiger partial charge in [-0.2, -0.15) is 0 Å². The van der Waals surface area contributed by atoms with Crippen LogP contribution in [0.1, 0.15) is 49.4 Å². The summed E-state index contributed by atoms with van der Waals surface area (Å²) in [6.45, 7) is 3.42. The van der Waals surface area contributed by atoms with E-state index in [1.54, 1.807) is 0 Å². The predicted octanol–water partition coefficient (Wildman–Crippen LogP) is 2.60. The van der Waals surface area contributed by atoms with Gasteiger partial charge in [-0.1, -0.05) is 13.3 Å². The number of aryl methyl sites for hydroxylation is 2. The monoisotopic (exact) mass is 234 g/mol. The van der Waals surface area contributed by atoms with Crippen molar-refractivity contribution in [3.05, 3.63) is 22.9 Å². The summed E-state index contributed by atoms with van der Waals surface area (Å²) < 4.78 is 5.74. The normalized spacial score (nSPS) is 14.5. The summed E-state index contributed by atoms with van der Waals surface area (Å²) in [6, 6.07) is 2.20. The molecule has 1 aromatic heterocycles. The number of nitrogens with zero attached hydrogens (tertiary/aromatic N) is 1. The summed E-state index contributed by atoms with van der Waals surface area (Å²) in [7, 11) is 0. The fourth-order valence-corrected chi connectivity index (χ4v) is 2.25. The standard InChI is InChI=1S/C14H22N2O/c1-2-3-8-17-14-12(10-15)9-11-6-4-5-7-13(11)16-14/h9H,2-8,10,15H2,1H3. The van der Waals surface area contributed by atoms with Crippen molar-refractivity contribution in [1.29, 1.82) is 0 Å². The van der Waals surface area contributed by atoms with Gasteiger partial charge in [0.25, 0.3) is 0 Å². The van der Waals surface area contributed by atoms with Crippen LogP contribution in [-0.2, 0) is 19.4 Å². The van der Waals surface area contributed by atoms with Crippen molar-refractivity contribution >= 4 is 0 Å². The number of aromatic nitrogens is 1. The summed E-state index contributed by atoms with van der Waals surface area (Å²) in [5.41, 5.74) is 9.42. The van der Waals surface area contributed by atoms with Crippen molar-refractivity contribution < 1.29 is 4.74 Å². The lowest BCUT2D eigenvalue weighted by molar-refractivity contribution is 0.293. The molecule has 0 amide bonds. The van der Waals surface area contributed by atoms with Gasteiger partial charge in [0.05, 0.1) is 6.61 Å². The Bertz CT molecular complexity index is 377. The average Bonchev–Trinajstić information content (AvgIpc) is 2.38. The fraction of sp³-hybridized carbons (Fsp3) is 0.643.